The van der Waals surface area contributed by atoms with E-state index in [0.717, 1.165) is 10.4 Å². The SMILES string of the molecule is Cc1c(CNc2nc3[nH]ncc3c(=O)[nH]2)sc2ccc(Cl)cc12. The van der Waals surface area contributed by atoms with Gasteiger partial charge in [0.1, 0.15) is 5.39 Å². The normalized spacial score (nSPS) is 11.4. The zero-order valence-electron chi connectivity index (χ0n) is 12.1. The third-order valence-electron chi connectivity index (χ3n) is 3.73. The summed E-state index contributed by atoms with van der Waals surface area (Å²) in [5, 5.41) is 12.0. The Morgan fingerprint density at radius 1 is 1.35 bits per heavy atom. The second-order valence-electron chi connectivity index (χ2n) is 5.19. The van der Waals surface area contributed by atoms with Crippen molar-refractivity contribution in [3.63, 3.8) is 0 Å². The van der Waals surface area contributed by atoms with Gasteiger partial charge in [0.05, 0.1) is 12.7 Å². The van der Waals surface area contributed by atoms with E-state index in [0.29, 0.717) is 23.5 Å². The maximum Gasteiger partial charge on any atom is 0.263 e. The minimum Gasteiger partial charge on any atom is -0.351 e. The lowest BCUT2D eigenvalue weighted by Crippen LogP contribution is -2.12. The third kappa shape index (κ3) is 2.47. The predicted octanol–water partition coefficient (Wildman–Crippen LogP) is 3.43. The fourth-order valence-electron chi connectivity index (χ4n) is 2.51. The minimum atomic E-state index is -0.217. The fourth-order valence-corrected chi connectivity index (χ4v) is 3.81. The molecular weight excluding hydrogens is 334 g/mol. The Balaban J connectivity index is 1.65. The highest BCUT2D eigenvalue weighted by Crippen LogP contribution is 2.32. The first-order valence-corrected chi connectivity index (χ1v) is 8.16. The van der Waals surface area contributed by atoms with Crippen LogP contribution in [-0.2, 0) is 6.54 Å². The van der Waals surface area contributed by atoms with Crippen LogP contribution in [-0.4, -0.2) is 20.2 Å². The summed E-state index contributed by atoms with van der Waals surface area (Å²) in [6.45, 7) is 2.64. The van der Waals surface area contributed by atoms with Crippen molar-refractivity contribution in [1.82, 2.24) is 20.2 Å². The summed E-state index contributed by atoms with van der Waals surface area (Å²) < 4.78 is 1.19. The molecule has 0 saturated heterocycles. The number of fused-ring (bicyclic) bond motifs is 2. The van der Waals surface area contributed by atoms with Crippen LogP contribution in [0.5, 0.6) is 0 Å². The molecule has 0 spiro atoms. The second-order valence-corrected chi connectivity index (χ2v) is 6.76. The first kappa shape index (κ1) is 14.2. The Hall–Kier alpha value is -2.38. The van der Waals surface area contributed by atoms with Crippen molar-refractivity contribution in [3.05, 3.63) is 50.2 Å². The molecule has 0 aliphatic rings. The molecule has 0 fully saturated rings. The van der Waals surface area contributed by atoms with Crippen molar-refractivity contribution in [2.24, 2.45) is 0 Å². The monoisotopic (exact) mass is 345 g/mol. The summed E-state index contributed by atoms with van der Waals surface area (Å²) in [5.74, 6) is 0.418. The maximum atomic E-state index is 11.9. The molecule has 0 saturated carbocycles. The summed E-state index contributed by atoms with van der Waals surface area (Å²) in [7, 11) is 0. The van der Waals surface area contributed by atoms with Crippen molar-refractivity contribution >= 4 is 50.0 Å². The Kier molecular flexibility index (Phi) is 3.32. The summed E-state index contributed by atoms with van der Waals surface area (Å²) in [5.41, 5.74) is 1.44. The highest BCUT2D eigenvalue weighted by Gasteiger charge is 2.10. The zero-order chi connectivity index (χ0) is 16.0. The zero-order valence-corrected chi connectivity index (χ0v) is 13.7. The lowest BCUT2D eigenvalue weighted by molar-refractivity contribution is 1.05. The van der Waals surface area contributed by atoms with Crippen LogP contribution < -0.4 is 10.9 Å². The number of anilines is 1. The highest BCUT2D eigenvalue weighted by molar-refractivity contribution is 7.19. The largest absolute Gasteiger partial charge is 0.351 e. The van der Waals surface area contributed by atoms with Crippen LogP contribution in [0.2, 0.25) is 5.02 Å². The second kappa shape index (κ2) is 5.36. The molecule has 116 valence electrons. The first-order valence-electron chi connectivity index (χ1n) is 6.96. The van der Waals surface area contributed by atoms with Gasteiger partial charge in [-0.3, -0.25) is 14.9 Å². The molecular formula is C15H12ClN5OS. The van der Waals surface area contributed by atoms with Crippen LogP contribution >= 0.6 is 22.9 Å². The molecule has 0 amide bonds. The standard InChI is InChI=1S/C15H12ClN5OS/c1-7-9-4-8(16)2-3-11(9)23-12(7)6-17-15-19-13-10(5-18-21-13)14(22)20-15/h2-5H,6H2,1H3,(H3,17,18,19,20,21,22). The van der Waals surface area contributed by atoms with Gasteiger partial charge in [-0.2, -0.15) is 10.1 Å². The van der Waals surface area contributed by atoms with Gasteiger partial charge in [-0.05, 0) is 36.1 Å². The average Bonchev–Trinajstić information content (AvgIpc) is 3.11. The number of rotatable bonds is 3. The molecule has 3 aromatic heterocycles. The van der Waals surface area contributed by atoms with E-state index in [-0.39, 0.29) is 5.56 Å². The lowest BCUT2D eigenvalue weighted by atomic mass is 10.1. The Morgan fingerprint density at radius 3 is 3.09 bits per heavy atom. The number of aromatic amines is 2. The van der Waals surface area contributed by atoms with Gasteiger partial charge >= 0.3 is 0 Å². The van der Waals surface area contributed by atoms with Gasteiger partial charge in [-0.1, -0.05) is 11.6 Å². The van der Waals surface area contributed by atoms with E-state index in [1.807, 2.05) is 18.2 Å². The van der Waals surface area contributed by atoms with Crippen LogP contribution in [0.3, 0.4) is 0 Å². The van der Waals surface area contributed by atoms with Crippen LogP contribution in [0.4, 0.5) is 5.95 Å². The highest BCUT2D eigenvalue weighted by atomic mass is 35.5. The van der Waals surface area contributed by atoms with Crippen LogP contribution in [0.1, 0.15) is 10.4 Å². The maximum absolute atomic E-state index is 11.9. The van der Waals surface area contributed by atoms with Crippen molar-refractivity contribution in [1.29, 1.82) is 0 Å². The lowest BCUT2D eigenvalue weighted by Gasteiger charge is -2.04. The van der Waals surface area contributed by atoms with Crippen molar-refractivity contribution in [2.45, 2.75) is 13.5 Å². The van der Waals surface area contributed by atoms with Crippen LogP contribution in [0.15, 0.2) is 29.2 Å². The fraction of sp³-hybridized carbons (Fsp3) is 0.133. The van der Waals surface area contributed by atoms with E-state index in [1.54, 1.807) is 11.3 Å². The molecule has 0 radical (unpaired) electrons. The topological polar surface area (TPSA) is 86.5 Å². The molecule has 0 aliphatic carbocycles. The van der Waals surface area contributed by atoms with Gasteiger partial charge in [0.15, 0.2) is 5.65 Å². The van der Waals surface area contributed by atoms with E-state index in [2.05, 4.69) is 32.4 Å². The number of nitrogens with one attached hydrogen (secondary N) is 3. The van der Waals surface area contributed by atoms with E-state index < -0.39 is 0 Å². The summed E-state index contributed by atoms with van der Waals surface area (Å²) in [6, 6.07) is 5.89. The number of hydrogen-bond donors (Lipinski definition) is 3. The number of hydrogen-bond acceptors (Lipinski definition) is 5. The number of thiophene rings is 1. The van der Waals surface area contributed by atoms with E-state index in [9.17, 15) is 4.79 Å². The molecule has 23 heavy (non-hydrogen) atoms. The summed E-state index contributed by atoms with van der Waals surface area (Å²) in [4.78, 5) is 20.1. The van der Waals surface area contributed by atoms with Gasteiger partial charge < -0.3 is 5.32 Å². The minimum absolute atomic E-state index is 0.217. The molecule has 3 heterocycles. The summed E-state index contributed by atoms with van der Waals surface area (Å²) >= 11 is 7.77. The number of H-pyrrole nitrogens is 2. The molecule has 4 rings (SSSR count). The first-order chi connectivity index (χ1) is 11.1. The van der Waals surface area contributed by atoms with Gasteiger partial charge in [0.25, 0.3) is 5.56 Å². The molecule has 8 heteroatoms. The van der Waals surface area contributed by atoms with Gasteiger partial charge in [-0.15, -0.1) is 11.3 Å². The van der Waals surface area contributed by atoms with E-state index >= 15 is 0 Å². The van der Waals surface area contributed by atoms with Gasteiger partial charge in [0.2, 0.25) is 5.95 Å². The number of halogens is 1. The molecule has 3 N–H and O–H groups in total. The van der Waals surface area contributed by atoms with Crippen molar-refractivity contribution in [2.75, 3.05) is 5.32 Å². The predicted molar refractivity (Wildman–Crippen MR) is 93.4 cm³/mol. The molecule has 4 aromatic rings. The number of aromatic nitrogens is 4. The number of aryl methyl sites for hydroxylation is 1. The molecule has 0 bridgehead atoms. The quantitative estimate of drug-likeness (QED) is 0.531. The Bertz CT molecular complexity index is 1080. The molecule has 0 atom stereocenters. The van der Waals surface area contributed by atoms with Crippen molar-refractivity contribution < 1.29 is 0 Å². The van der Waals surface area contributed by atoms with Crippen LogP contribution in [0, 0.1) is 6.92 Å². The molecule has 0 aliphatic heterocycles. The molecule has 1 aromatic carbocycles. The number of nitrogens with zero attached hydrogens (tertiary/aromatic N) is 2. The Morgan fingerprint density at radius 2 is 2.22 bits per heavy atom. The smallest absolute Gasteiger partial charge is 0.263 e. The molecule has 6 nitrogen and oxygen atoms in total. The third-order valence-corrected chi connectivity index (χ3v) is 5.24. The van der Waals surface area contributed by atoms with Gasteiger partial charge in [-0.25, -0.2) is 0 Å². The average molecular weight is 346 g/mol. The Labute approximate surface area is 139 Å². The molecule has 0 unspecified atom stereocenters. The number of benzene rings is 1. The van der Waals surface area contributed by atoms with Gasteiger partial charge in [0, 0.05) is 14.6 Å². The van der Waals surface area contributed by atoms with Crippen LogP contribution in [0.25, 0.3) is 21.1 Å². The van der Waals surface area contributed by atoms with Crippen molar-refractivity contribution in [3.8, 4) is 0 Å². The summed E-state index contributed by atoms with van der Waals surface area (Å²) in [6.07, 6.45) is 1.46. The van der Waals surface area contributed by atoms with E-state index in [4.69, 9.17) is 11.6 Å². The van der Waals surface area contributed by atoms with E-state index in [1.165, 1.54) is 21.3 Å².